The normalized spacial score (nSPS) is 16.3. The standard InChI is InChI=1S/C22H29F3N4O2S/c1-20(2,3)18-27-14(11-16(28-18)22(23,24)25)15-12-32-17(26-15)13-7-9-29(10-8-13)19(30)31-21(4,5)6/h11-13H,7-10H2,1-6H3. The van der Waals surface area contributed by atoms with Gasteiger partial charge in [-0.1, -0.05) is 20.8 Å². The van der Waals surface area contributed by atoms with Crippen molar-refractivity contribution in [2.24, 2.45) is 0 Å². The van der Waals surface area contributed by atoms with Gasteiger partial charge in [-0.05, 0) is 39.7 Å². The Kier molecular flexibility index (Phi) is 6.57. The summed E-state index contributed by atoms with van der Waals surface area (Å²) in [4.78, 5) is 26.7. The van der Waals surface area contributed by atoms with Gasteiger partial charge in [0, 0.05) is 29.8 Å². The number of piperidine rings is 1. The third kappa shape index (κ3) is 5.96. The first-order valence-corrected chi connectivity index (χ1v) is 11.4. The maximum absolute atomic E-state index is 13.4. The Morgan fingerprint density at radius 3 is 2.19 bits per heavy atom. The quantitative estimate of drug-likeness (QED) is 0.536. The Balaban J connectivity index is 1.77. The van der Waals surface area contributed by atoms with Gasteiger partial charge >= 0.3 is 12.3 Å². The molecular formula is C22H29F3N4O2S. The predicted molar refractivity (Wildman–Crippen MR) is 117 cm³/mol. The first kappa shape index (κ1) is 24.4. The third-order valence-corrected chi connectivity index (χ3v) is 5.97. The molecule has 1 fully saturated rings. The predicted octanol–water partition coefficient (Wildman–Crippen LogP) is 6.03. The molecule has 1 aliphatic rings. The number of nitrogens with zero attached hydrogens (tertiary/aromatic N) is 4. The first-order chi connectivity index (χ1) is 14.6. The molecule has 2 aromatic heterocycles. The number of halogens is 3. The lowest BCUT2D eigenvalue weighted by atomic mass is 9.95. The number of carbonyl (C=O) groups excluding carboxylic acids is 1. The molecule has 0 unspecified atom stereocenters. The smallest absolute Gasteiger partial charge is 0.433 e. The second kappa shape index (κ2) is 8.61. The number of hydrogen-bond acceptors (Lipinski definition) is 6. The van der Waals surface area contributed by atoms with E-state index in [0.29, 0.717) is 18.8 Å². The molecule has 3 rings (SSSR count). The lowest BCUT2D eigenvalue weighted by Crippen LogP contribution is -2.41. The minimum absolute atomic E-state index is 0.127. The summed E-state index contributed by atoms with van der Waals surface area (Å²) in [5.41, 5.74) is -1.56. The average Bonchev–Trinajstić information content (AvgIpc) is 3.15. The molecule has 1 amide bonds. The van der Waals surface area contributed by atoms with Crippen LogP contribution in [0.25, 0.3) is 11.4 Å². The van der Waals surface area contributed by atoms with Crippen LogP contribution in [0.3, 0.4) is 0 Å². The van der Waals surface area contributed by atoms with Crippen LogP contribution >= 0.6 is 11.3 Å². The van der Waals surface area contributed by atoms with Crippen LogP contribution in [0.5, 0.6) is 0 Å². The van der Waals surface area contributed by atoms with Gasteiger partial charge in [-0.25, -0.2) is 19.7 Å². The van der Waals surface area contributed by atoms with Crippen LogP contribution in [0, 0.1) is 0 Å². The third-order valence-electron chi connectivity index (χ3n) is 4.97. The van der Waals surface area contributed by atoms with Crippen LogP contribution < -0.4 is 0 Å². The van der Waals surface area contributed by atoms with E-state index in [4.69, 9.17) is 4.74 Å². The lowest BCUT2D eigenvalue weighted by Gasteiger charge is -2.32. The number of likely N-dealkylation sites (tertiary alicyclic amines) is 1. The number of ether oxygens (including phenoxy) is 1. The number of amides is 1. The Bertz CT molecular complexity index is 937. The van der Waals surface area contributed by atoms with Crippen molar-refractivity contribution in [3.8, 4) is 11.4 Å². The number of hydrogen-bond donors (Lipinski definition) is 0. The summed E-state index contributed by atoms with van der Waals surface area (Å²) >= 11 is 1.41. The molecule has 10 heteroatoms. The molecule has 32 heavy (non-hydrogen) atoms. The van der Waals surface area contributed by atoms with Crippen LogP contribution in [-0.2, 0) is 16.3 Å². The summed E-state index contributed by atoms with van der Waals surface area (Å²) in [6.07, 6.45) is -3.45. The number of alkyl halides is 3. The Morgan fingerprint density at radius 2 is 1.66 bits per heavy atom. The van der Waals surface area contributed by atoms with Crippen molar-refractivity contribution in [2.45, 2.75) is 77.5 Å². The Morgan fingerprint density at radius 1 is 1.03 bits per heavy atom. The molecule has 0 aromatic carbocycles. The van der Waals surface area contributed by atoms with Gasteiger partial charge < -0.3 is 9.64 Å². The molecular weight excluding hydrogens is 441 g/mol. The molecule has 1 aliphatic heterocycles. The van der Waals surface area contributed by atoms with Crippen molar-refractivity contribution in [1.29, 1.82) is 0 Å². The highest BCUT2D eigenvalue weighted by atomic mass is 32.1. The van der Waals surface area contributed by atoms with E-state index in [1.165, 1.54) is 11.3 Å². The van der Waals surface area contributed by atoms with Crippen LogP contribution in [0.15, 0.2) is 11.4 Å². The largest absolute Gasteiger partial charge is 0.444 e. The van der Waals surface area contributed by atoms with E-state index in [1.54, 1.807) is 31.1 Å². The van der Waals surface area contributed by atoms with E-state index in [9.17, 15) is 18.0 Å². The second-order valence-electron chi connectivity index (χ2n) is 10.0. The van der Waals surface area contributed by atoms with Gasteiger partial charge in [-0.15, -0.1) is 11.3 Å². The Hall–Kier alpha value is -2.23. The highest BCUT2D eigenvalue weighted by Crippen LogP contribution is 2.35. The summed E-state index contributed by atoms with van der Waals surface area (Å²) in [5, 5.41) is 2.58. The van der Waals surface area contributed by atoms with Gasteiger partial charge in [0.05, 0.1) is 16.4 Å². The molecule has 0 radical (unpaired) electrons. The minimum atomic E-state index is -4.56. The van der Waals surface area contributed by atoms with Crippen LogP contribution in [0.1, 0.15) is 76.8 Å². The van der Waals surface area contributed by atoms with Crippen molar-refractivity contribution < 1.29 is 22.7 Å². The van der Waals surface area contributed by atoms with E-state index in [2.05, 4.69) is 15.0 Å². The zero-order valence-corrected chi connectivity index (χ0v) is 20.0. The maximum atomic E-state index is 13.4. The molecule has 2 aromatic rings. The number of thiazole rings is 1. The molecule has 0 spiro atoms. The highest BCUT2D eigenvalue weighted by Gasteiger charge is 2.35. The van der Waals surface area contributed by atoms with Crippen molar-refractivity contribution >= 4 is 17.4 Å². The molecule has 0 N–H and O–H groups in total. The van der Waals surface area contributed by atoms with Gasteiger partial charge in [-0.3, -0.25) is 0 Å². The lowest BCUT2D eigenvalue weighted by molar-refractivity contribution is -0.141. The van der Waals surface area contributed by atoms with E-state index in [-0.39, 0.29) is 23.5 Å². The maximum Gasteiger partial charge on any atom is 0.433 e. The zero-order valence-electron chi connectivity index (χ0n) is 19.2. The van der Waals surface area contributed by atoms with E-state index >= 15 is 0 Å². The summed E-state index contributed by atoms with van der Waals surface area (Å²) < 4.78 is 45.6. The van der Waals surface area contributed by atoms with Crippen molar-refractivity contribution in [3.63, 3.8) is 0 Å². The van der Waals surface area contributed by atoms with Gasteiger partial charge in [0.25, 0.3) is 0 Å². The average molecular weight is 471 g/mol. The van der Waals surface area contributed by atoms with Gasteiger partial charge in [0.1, 0.15) is 17.1 Å². The van der Waals surface area contributed by atoms with E-state index in [1.807, 2.05) is 20.8 Å². The van der Waals surface area contributed by atoms with E-state index in [0.717, 1.165) is 23.9 Å². The molecule has 6 nitrogen and oxygen atoms in total. The van der Waals surface area contributed by atoms with Crippen molar-refractivity contribution in [1.82, 2.24) is 19.9 Å². The highest BCUT2D eigenvalue weighted by molar-refractivity contribution is 7.10. The fourth-order valence-electron chi connectivity index (χ4n) is 3.29. The summed E-state index contributed by atoms with van der Waals surface area (Å²) in [5.74, 6) is 0.265. The first-order valence-electron chi connectivity index (χ1n) is 10.5. The van der Waals surface area contributed by atoms with Crippen LogP contribution in [-0.4, -0.2) is 44.6 Å². The summed E-state index contributed by atoms with van der Waals surface area (Å²) in [6, 6.07) is 0.958. The van der Waals surface area contributed by atoms with Crippen molar-refractivity contribution in [3.05, 3.63) is 28.0 Å². The van der Waals surface area contributed by atoms with E-state index < -0.39 is 22.9 Å². The molecule has 0 atom stereocenters. The monoisotopic (exact) mass is 470 g/mol. The molecule has 0 bridgehead atoms. The Labute approximate surface area is 190 Å². The topological polar surface area (TPSA) is 68.2 Å². The number of aromatic nitrogens is 3. The van der Waals surface area contributed by atoms with Gasteiger partial charge in [0.15, 0.2) is 0 Å². The minimum Gasteiger partial charge on any atom is -0.444 e. The molecule has 0 saturated carbocycles. The fourth-order valence-corrected chi connectivity index (χ4v) is 4.27. The molecule has 1 saturated heterocycles. The molecule has 176 valence electrons. The number of rotatable bonds is 2. The van der Waals surface area contributed by atoms with Crippen molar-refractivity contribution in [2.75, 3.05) is 13.1 Å². The SMILES string of the molecule is CC(C)(C)OC(=O)N1CCC(c2nc(-c3cc(C(F)(F)F)nc(C(C)(C)C)n3)cs2)CC1. The van der Waals surface area contributed by atoms with Gasteiger partial charge in [0.2, 0.25) is 0 Å². The van der Waals surface area contributed by atoms with Crippen LogP contribution in [0.4, 0.5) is 18.0 Å². The fraction of sp³-hybridized carbons (Fsp3) is 0.636. The van der Waals surface area contributed by atoms with Crippen LogP contribution in [0.2, 0.25) is 0 Å². The number of carbonyl (C=O) groups is 1. The molecule has 0 aliphatic carbocycles. The summed E-state index contributed by atoms with van der Waals surface area (Å²) in [6.45, 7) is 11.9. The molecule has 3 heterocycles. The van der Waals surface area contributed by atoms with Gasteiger partial charge in [-0.2, -0.15) is 13.2 Å². The summed E-state index contributed by atoms with van der Waals surface area (Å²) in [7, 11) is 0. The zero-order chi connectivity index (χ0) is 23.9. The second-order valence-corrected chi connectivity index (χ2v) is 10.9.